The third-order valence-corrected chi connectivity index (χ3v) is 2.93. The molecule has 0 atom stereocenters. The Kier molecular flexibility index (Phi) is 4.05. The Morgan fingerprint density at radius 1 is 1.11 bits per heavy atom. The second kappa shape index (κ2) is 5.74. The second-order valence-corrected chi connectivity index (χ2v) is 4.91. The van der Waals surface area contributed by atoms with E-state index >= 15 is 0 Å². The van der Waals surface area contributed by atoms with Gasteiger partial charge in [-0.05, 0) is 47.4 Å². The number of hydrogen-bond donors (Lipinski definition) is 1. The second-order valence-electron chi connectivity index (χ2n) is 4.91. The molecule has 2 N–H and O–H groups in total. The van der Waals surface area contributed by atoms with Gasteiger partial charge in [-0.15, -0.1) is 0 Å². The fraction of sp³-hybridized carbons (Fsp3) is 0.250. The summed E-state index contributed by atoms with van der Waals surface area (Å²) in [5.41, 5.74) is 7.99. The molecule has 0 spiro atoms. The van der Waals surface area contributed by atoms with E-state index in [9.17, 15) is 4.39 Å². The molecule has 0 aliphatic heterocycles. The lowest BCUT2D eigenvalue weighted by atomic mass is 10.0. The van der Waals surface area contributed by atoms with Gasteiger partial charge in [0.1, 0.15) is 18.2 Å². The highest BCUT2D eigenvalue weighted by molar-refractivity contribution is 5.41. The van der Waals surface area contributed by atoms with Crippen LogP contribution >= 0.6 is 0 Å². The zero-order valence-electron chi connectivity index (χ0n) is 11.2. The summed E-state index contributed by atoms with van der Waals surface area (Å²) in [7, 11) is 0. The Bertz CT molecular complexity index is 529. The minimum Gasteiger partial charge on any atom is -0.489 e. The molecule has 0 aliphatic rings. The molecule has 0 aromatic heterocycles. The number of nitrogens with two attached hydrogens (primary N) is 1. The fourth-order valence-corrected chi connectivity index (χ4v) is 1.87. The number of benzene rings is 2. The van der Waals surface area contributed by atoms with E-state index < -0.39 is 0 Å². The van der Waals surface area contributed by atoms with Crippen molar-refractivity contribution in [1.82, 2.24) is 0 Å². The largest absolute Gasteiger partial charge is 0.489 e. The highest BCUT2D eigenvalue weighted by atomic mass is 19.1. The van der Waals surface area contributed by atoms with Gasteiger partial charge in [0.05, 0.1) is 0 Å². The van der Waals surface area contributed by atoms with Crippen molar-refractivity contribution in [1.29, 1.82) is 0 Å². The molecule has 0 aliphatic carbocycles. The van der Waals surface area contributed by atoms with Gasteiger partial charge in [0, 0.05) is 5.69 Å². The minimum absolute atomic E-state index is 0.309. The van der Waals surface area contributed by atoms with Gasteiger partial charge >= 0.3 is 0 Å². The van der Waals surface area contributed by atoms with E-state index in [-0.39, 0.29) is 5.82 Å². The van der Waals surface area contributed by atoms with Crippen molar-refractivity contribution in [3.05, 3.63) is 59.4 Å². The van der Waals surface area contributed by atoms with Gasteiger partial charge in [-0.2, -0.15) is 0 Å². The van der Waals surface area contributed by atoms with Gasteiger partial charge in [-0.25, -0.2) is 4.39 Å². The fourth-order valence-electron chi connectivity index (χ4n) is 1.87. The highest BCUT2D eigenvalue weighted by Gasteiger charge is 2.02. The van der Waals surface area contributed by atoms with E-state index in [1.54, 1.807) is 6.07 Å². The summed E-state index contributed by atoms with van der Waals surface area (Å²) in [4.78, 5) is 0. The lowest BCUT2D eigenvalue weighted by Crippen LogP contribution is -1.98. The zero-order valence-corrected chi connectivity index (χ0v) is 11.2. The van der Waals surface area contributed by atoms with Gasteiger partial charge in [0.2, 0.25) is 0 Å². The Hall–Kier alpha value is -2.03. The van der Waals surface area contributed by atoms with Crippen LogP contribution in [0.4, 0.5) is 10.1 Å². The summed E-state index contributed by atoms with van der Waals surface area (Å²) in [6, 6.07) is 12.4. The number of rotatable bonds is 4. The molecule has 2 nitrogen and oxygen atoms in total. The lowest BCUT2D eigenvalue weighted by Gasteiger charge is -2.09. The van der Waals surface area contributed by atoms with Crippen molar-refractivity contribution in [3.8, 4) is 5.75 Å². The first-order valence-corrected chi connectivity index (χ1v) is 6.32. The van der Waals surface area contributed by atoms with Crippen LogP contribution in [0.25, 0.3) is 0 Å². The van der Waals surface area contributed by atoms with Gasteiger partial charge in [0.15, 0.2) is 0 Å². The van der Waals surface area contributed by atoms with Crippen molar-refractivity contribution in [2.75, 3.05) is 5.73 Å². The highest BCUT2D eigenvalue weighted by Crippen LogP contribution is 2.20. The number of ether oxygens (including phenoxy) is 1. The molecule has 0 unspecified atom stereocenters. The summed E-state index contributed by atoms with van der Waals surface area (Å²) >= 11 is 0. The smallest absolute Gasteiger partial charge is 0.125 e. The summed E-state index contributed by atoms with van der Waals surface area (Å²) in [5.74, 6) is 0.929. The molecule has 2 rings (SSSR count). The van der Waals surface area contributed by atoms with Gasteiger partial charge in [-0.3, -0.25) is 0 Å². The average molecular weight is 259 g/mol. The molecule has 3 heteroatoms. The molecule has 0 saturated carbocycles. The Labute approximate surface area is 113 Å². The normalized spacial score (nSPS) is 10.7. The SMILES string of the molecule is CC(C)c1ccc(OCc2cc(N)cc(F)c2)cc1. The van der Waals surface area contributed by atoms with E-state index in [1.807, 2.05) is 24.3 Å². The first-order chi connectivity index (χ1) is 9.04. The van der Waals surface area contributed by atoms with E-state index in [0.29, 0.717) is 18.2 Å². The monoisotopic (exact) mass is 259 g/mol. The predicted octanol–water partition coefficient (Wildman–Crippen LogP) is 4.11. The first kappa shape index (κ1) is 13.4. The topological polar surface area (TPSA) is 35.2 Å². The van der Waals surface area contributed by atoms with Crippen molar-refractivity contribution >= 4 is 5.69 Å². The molecule has 0 saturated heterocycles. The minimum atomic E-state index is -0.339. The Balaban J connectivity index is 2.02. The molecule has 2 aromatic carbocycles. The summed E-state index contributed by atoms with van der Waals surface area (Å²) < 4.78 is 18.8. The molecule has 0 amide bonds. The summed E-state index contributed by atoms with van der Waals surface area (Å²) in [6.07, 6.45) is 0. The average Bonchev–Trinajstić information content (AvgIpc) is 2.36. The van der Waals surface area contributed by atoms with Gasteiger partial charge < -0.3 is 10.5 Å². The molecule has 2 aromatic rings. The molecule has 0 bridgehead atoms. The maximum absolute atomic E-state index is 13.2. The molecule has 19 heavy (non-hydrogen) atoms. The lowest BCUT2D eigenvalue weighted by molar-refractivity contribution is 0.305. The summed E-state index contributed by atoms with van der Waals surface area (Å²) in [5, 5.41) is 0. The first-order valence-electron chi connectivity index (χ1n) is 6.32. The molecule has 0 heterocycles. The van der Waals surface area contributed by atoms with E-state index in [2.05, 4.69) is 13.8 Å². The van der Waals surface area contributed by atoms with Crippen LogP contribution in [-0.2, 0) is 6.61 Å². The van der Waals surface area contributed by atoms with Gasteiger partial charge in [-0.1, -0.05) is 26.0 Å². The van der Waals surface area contributed by atoms with Crippen LogP contribution in [0.15, 0.2) is 42.5 Å². The molecule has 0 fully saturated rings. The number of hydrogen-bond acceptors (Lipinski definition) is 2. The quantitative estimate of drug-likeness (QED) is 0.839. The summed E-state index contributed by atoms with van der Waals surface area (Å²) in [6.45, 7) is 4.60. The van der Waals surface area contributed by atoms with Crippen LogP contribution < -0.4 is 10.5 Å². The van der Waals surface area contributed by atoms with E-state index in [4.69, 9.17) is 10.5 Å². The van der Waals surface area contributed by atoms with Crippen LogP contribution in [0.2, 0.25) is 0 Å². The Morgan fingerprint density at radius 3 is 2.37 bits per heavy atom. The zero-order chi connectivity index (χ0) is 13.8. The van der Waals surface area contributed by atoms with Crippen LogP contribution in [0.3, 0.4) is 0 Å². The third-order valence-electron chi connectivity index (χ3n) is 2.93. The van der Waals surface area contributed by atoms with Crippen LogP contribution in [0.5, 0.6) is 5.75 Å². The number of halogens is 1. The molecule has 0 radical (unpaired) electrons. The molecule has 100 valence electrons. The van der Waals surface area contributed by atoms with Crippen LogP contribution in [0, 0.1) is 5.82 Å². The standard InChI is InChI=1S/C16H18FNO/c1-11(2)13-3-5-16(6-4-13)19-10-12-7-14(17)9-15(18)8-12/h3-9,11H,10,18H2,1-2H3. The van der Waals surface area contributed by atoms with Crippen molar-refractivity contribution in [2.45, 2.75) is 26.4 Å². The van der Waals surface area contributed by atoms with Crippen molar-refractivity contribution in [3.63, 3.8) is 0 Å². The molecular weight excluding hydrogens is 241 g/mol. The number of nitrogen functional groups attached to an aromatic ring is 1. The third kappa shape index (κ3) is 3.71. The van der Waals surface area contributed by atoms with E-state index in [0.717, 1.165) is 11.3 Å². The van der Waals surface area contributed by atoms with Crippen molar-refractivity contribution in [2.24, 2.45) is 0 Å². The van der Waals surface area contributed by atoms with Crippen molar-refractivity contribution < 1.29 is 9.13 Å². The number of anilines is 1. The maximum Gasteiger partial charge on any atom is 0.125 e. The van der Waals surface area contributed by atoms with Gasteiger partial charge in [0.25, 0.3) is 0 Å². The Morgan fingerprint density at radius 2 is 1.79 bits per heavy atom. The van der Waals surface area contributed by atoms with Crippen LogP contribution in [0.1, 0.15) is 30.9 Å². The predicted molar refractivity (Wildman–Crippen MR) is 75.7 cm³/mol. The molecular formula is C16H18FNO. The van der Waals surface area contributed by atoms with E-state index in [1.165, 1.54) is 17.7 Å². The maximum atomic E-state index is 13.2. The van der Waals surface area contributed by atoms with Crippen LogP contribution in [-0.4, -0.2) is 0 Å².